The highest BCUT2D eigenvalue weighted by atomic mass is 32.3. The molecule has 11 heavy (non-hydrogen) atoms. The predicted molar refractivity (Wildman–Crippen MR) is 44.2 cm³/mol. The van der Waals surface area contributed by atoms with Crippen molar-refractivity contribution >= 4 is 10.2 Å². The molecule has 0 fully saturated rings. The lowest BCUT2D eigenvalue weighted by atomic mass is 10.2. The third kappa shape index (κ3) is 2.07. The first-order valence-electron chi connectivity index (χ1n) is 3.07. The zero-order valence-electron chi connectivity index (χ0n) is 6.05. The molecule has 1 aromatic rings. The van der Waals surface area contributed by atoms with E-state index in [4.69, 9.17) is 0 Å². The van der Waals surface area contributed by atoms with Crippen LogP contribution in [0, 0.1) is 12.6 Å². The number of hydrogen-bond acceptors (Lipinski definition) is 0. The fourth-order valence-corrected chi connectivity index (χ4v) is 1.39. The molecule has 0 saturated heterocycles. The van der Waals surface area contributed by atoms with Gasteiger partial charge in [-0.15, -0.1) is 7.77 Å². The Morgan fingerprint density at radius 3 is 2.36 bits per heavy atom. The maximum absolute atomic E-state index is 12.5. The average molecular weight is 174 g/mol. The second kappa shape index (κ2) is 2.68. The summed E-state index contributed by atoms with van der Waals surface area (Å²) in [5, 5.41) is 0. The molecule has 1 aromatic carbocycles. The Bertz CT molecular complexity index is 351. The monoisotopic (exact) mass is 174 g/mol. The van der Waals surface area contributed by atoms with E-state index in [1.165, 1.54) is 12.1 Å². The van der Waals surface area contributed by atoms with Gasteiger partial charge in [-0.3, -0.25) is 0 Å². The van der Waals surface area contributed by atoms with Gasteiger partial charge < -0.3 is 0 Å². The summed E-state index contributed by atoms with van der Waals surface area (Å²) in [5.74, 6) is 0. The van der Waals surface area contributed by atoms with Gasteiger partial charge >= 0.3 is 0 Å². The summed E-state index contributed by atoms with van der Waals surface area (Å²) in [6.07, 6.45) is 0. The van der Waals surface area contributed by atoms with Crippen LogP contribution in [0.2, 0.25) is 0 Å². The Morgan fingerprint density at radius 1 is 1.36 bits per heavy atom. The normalized spacial score (nSPS) is 11.5. The molecular formula is C8H8F2S. The number of rotatable bonds is 0. The van der Waals surface area contributed by atoms with E-state index in [0.29, 0.717) is 0 Å². The van der Waals surface area contributed by atoms with E-state index in [0.717, 1.165) is 5.56 Å². The molecule has 0 amide bonds. The van der Waals surface area contributed by atoms with Gasteiger partial charge in [-0.1, -0.05) is 17.8 Å². The van der Waals surface area contributed by atoms with Crippen LogP contribution in [0.3, 0.4) is 0 Å². The van der Waals surface area contributed by atoms with Gasteiger partial charge in [-0.25, -0.2) is 0 Å². The molecule has 0 nitrogen and oxygen atoms in total. The Balaban J connectivity index is 3.20. The minimum atomic E-state index is -4.03. The molecule has 0 N–H and O–H groups in total. The minimum absolute atomic E-state index is 0.0579. The summed E-state index contributed by atoms with van der Waals surface area (Å²) in [7, 11) is -4.03. The Labute approximate surface area is 66.0 Å². The molecule has 0 aromatic heterocycles. The van der Waals surface area contributed by atoms with E-state index in [2.05, 4.69) is 5.69 Å². The first kappa shape index (κ1) is 8.31. The predicted octanol–water partition coefficient (Wildman–Crippen LogP) is 3.52. The smallest absolute Gasteiger partial charge is 0.137 e. The molecule has 0 bridgehead atoms. The van der Waals surface area contributed by atoms with E-state index < -0.39 is 10.2 Å². The van der Waals surface area contributed by atoms with Gasteiger partial charge in [0, 0.05) is 0 Å². The average Bonchev–Trinajstić information content (AvgIpc) is 1.86. The zero-order valence-corrected chi connectivity index (χ0v) is 6.87. The largest absolute Gasteiger partial charge is 0.141 e. The molecule has 0 aliphatic heterocycles. The highest BCUT2D eigenvalue weighted by Crippen LogP contribution is 2.44. The maximum Gasteiger partial charge on any atom is 0.137 e. The van der Waals surface area contributed by atoms with Gasteiger partial charge in [0.15, 0.2) is 0 Å². The van der Waals surface area contributed by atoms with Crippen LogP contribution in [0.4, 0.5) is 7.77 Å². The number of aryl methyl sites for hydroxylation is 1. The van der Waals surface area contributed by atoms with Gasteiger partial charge in [0.05, 0.1) is 4.90 Å². The molecule has 60 valence electrons. The quantitative estimate of drug-likeness (QED) is 0.564. The highest BCUT2D eigenvalue weighted by Gasteiger charge is 2.07. The van der Waals surface area contributed by atoms with Crippen molar-refractivity contribution in [1.29, 1.82) is 0 Å². The standard InChI is InChI=1S/C8H8F2S/c1-7-4-3-5-8(6-7)11(2,9)10/h2-6H,1H3. The third-order valence-electron chi connectivity index (χ3n) is 1.30. The van der Waals surface area contributed by atoms with Crippen molar-refractivity contribution in [2.45, 2.75) is 11.8 Å². The third-order valence-corrected chi connectivity index (χ3v) is 2.19. The first-order chi connectivity index (χ1) is 5.00. The number of hydrogen-bond donors (Lipinski definition) is 0. The van der Waals surface area contributed by atoms with Gasteiger partial charge in [-0.05, 0) is 24.6 Å². The van der Waals surface area contributed by atoms with Crippen LogP contribution in [0.1, 0.15) is 5.56 Å². The molecule has 1 rings (SSSR count). The van der Waals surface area contributed by atoms with Crippen LogP contribution in [-0.4, -0.2) is 0 Å². The molecule has 0 heterocycles. The second-order valence-corrected chi connectivity index (χ2v) is 3.81. The lowest BCUT2D eigenvalue weighted by Crippen LogP contribution is -1.75. The van der Waals surface area contributed by atoms with Crippen LogP contribution >= 0.6 is 10.2 Å². The Morgan fingerprint density at radius 2 is 2.00 bits per heavy atom. The molecule has 0 unspecified atom stereocenters. The fraction of sp³-hybridized carbons (Fsp3) is 0.125. The summed E-state index contributed by atoms with van der Waals surface area (Å²) < 4.78 is 25.0. The zero-order chi connectivity index (χ0) is 8.48. The lowest BCUT2D eigenvalue weighted by Gasteiger charge is -2.03. The van der Waals surface area contributed by atoms with Gasteiger partial charge in [0.2, 0.25) is 0 Å². The van der Waals surface area contributed by atoms with E-state index in [9.17, 15) is 7.77 Å². The van der Waals surface area contributed by atoms with E-state index >= 15 is 0 Å². The minimum Gasteiger partial charge on any atom is -0.141 e. The van der Waals surface area contributed by atoms with Crippen LogP contribution in [-0.2, 0) is 0 Å². The van der Waals surface area contributed by atoms with E-state index in [-0.39, 0.29) is 4.90 Å². The molecule has 3 heteroatoms. The van der Waals surface area contributed by atoms with Crippen molar-refractivity contribution in [1.82, 2.24) is 0 Å². The van der Waals surface area contributed by atoms with E-state index in [1.54, 1.807) is 19.1 Å². The van der Waals surface area contributed by atoms with Crippen LogP contribution in [0.5, 0.6) is 0 Å². The van der Waals surface area contributed by atoms with Crippen molar-refractivity contribution in [3.05, 3.63) is 29.8 Å². The summed E-state index contributed by atoms with van der Waals surface area (Å²) in [4.78, 5) is -0.0579. The van der Waals surface area contributed by atoms with Crippen LogP contribution in [0.25, 0.3) is 0 Å². The molecule has 0 aliphatic carbocycles. The maximum atomic E-state index is 12.5. The van der Waals surface area contributed by atoms with Crippen molar-refractivity contribution in [3.8, 4) is 5.69 Å². The molecule has 0 radical (unpaired) electrons. The van der Waals surface area contributed by atoms with Gasteiger partial charge in [0.25, 0.3) is 0 Å². The summed E-state index contributed by atoms with van der Waals surface area (Å²) in [5.41, 5.74) is 5.48. The van der Waals surface area contributed by atoms with Gasteiger partial charge in [-0.2, -0.15) is 0 Å². The molecular weight excluding hydrogens is 166 g/mol. The van der Waals surface area contributed by atoms with Crippen LogP contribution < -0.4 is 0 Å². The number of halogens is 2. The summed E-state index contributed by atoms with van der Waals surface area (Å²) >= 11 is 0. The van der Waals surface area contributed by atoms with E-state index in [1.807, 2.05) is 0 Å². The topological polar surface area (TPSA) is 0 Å². The molecule has 0 spiro atoms. The first-order valence-corrected chi connectivity index (χ1v) is 4.57. The van der Waals surface area contributed by atoms with Crippen LogP contribution in [0.15, 0.2) is 29.2 Å². The Kier molecular flexibility index (Phi) is 2.03. The van der Waals surface area contributed by atoms with Crippen molar-refractivity contribution < 1.29 is 7.77 Å². The highest BCUT2D eigenvalue weighted by molar-refractivity contribution is 8.15. The summed E-state index contributed by atoms with van der Waals surface area (Å²) in [6, 6.07) is 6.10. The molecule has 0 atom stereocenters. The lowest BCUT2D eigenvalue weighted by molar-refractivity contribution is 0.773. The number of benzene rings is 1. The SMILES string of the molecule is C#S(F)(F)c1cccc(C)c1. The van der Waals surface area contributed by atoms with Crippen molar-refractivity contribution in [3.63, 3.8) is 0 Å². The molecule has 0 saturated carbocycles. The summed E-state index contributed by atoms with van der Waals surface area (Å²) in [6.45, 7) is 1.76. The Hall–Kier alpha value is -0.790. The van der Waals surface area contributed by atoms with Crippen molar-refractivity contribution in [2.75, 3.05) is 0 Å². The fourth-order valence-electron chi connectivity index (χ4n) is 0.785. The second-order valence-electron chi connectivity index (χ2n) is 2.33. The van der Waals surface area contributed by atoms with Gasteiger partial charge in [0.1, 0.15) is 10.2 Å². The van der Waals surface area contributed by atoms with Crippen molar-refractivity contribution in [2.24, 2.45) is 0 Å². The molecule has 0 aliphatic rings.